The molecule has 0 aromatic heterocycles. The second-order valence-corrected chi connectivity index (χ2v) is 10.2. The van der Waals surface area contributed by atoms with Gasteiger partial charge in [-0.25, -0.2) is 0 Å². The first-order valence-corrected chi connectivity index (χ1v) is 13.4. The molecule has 0 radical (unpaired) electrons. The number of fused-ring (bicyclic) bond motifs is 1. The van der Waals surface area contributed by atoms with Gasteiger partial charge in [0.05, 0.1) is 11.6 Å². The van der Waals surface area contributed by atoms with E-state index in [-0.39, 0.29) is 17.4 Å². The van der Waals surface area contributed by atoms with Crippen LogP contribution < -0.4 is 9.47 Å². The zero-order chi connectivity index (χ0) is 27.6. The lowest BCUT2D eigenvalue weighted by Crippen LogP contribution is -2.31. The number of Topliss-reactive ketones (excluding diaryl/α,β-unsaturated/α-hetero) is 1. The first-order valence-electron chi connectivity index (χ1n) is 13.4. The fourth-order valence-corrected chi connectivity index (χ4v) is 5.45. The molecular weight excluding hydrogens is 502 g/mol. The molecule has 6 nitrogen and oxygen atoms in total. The largest absolute Gasteiger partial charge is 0.507 e. The quantitative estimate of drug-likeness (QED) is 0.168. The predicted octanol–water partition coefficient (Wildman–Crippen LogP) is 6.47. The number of aliphatic hydroxyl groups is 1. The number of rotatable bonds is 7. The lowest BCUT2D eigenvalue weighted by Gasteiger charge is -2.26. The molecule has 2 aliphatic rings. The molecule has 0 saturated carbocycles. The minimum absolute atomic E-state index is 0.0447. The molecule has 0 bridgehead atoms. The fourth-order valence-electron chi connectivity index (χ4n) is 5.45. The van der Waals surface area contributed by atoms with E-state index in [1.165, 1.54) is 0 Å². The molecule has 6 heteroatoms. The summed E-state index contributed by atoms with van der Waals surface area (Å²) >= 11 is 0. The number of nitrogens with zero attached hydrogens (tertiary/aromatic N) is 1. The number of aliphatic hydroxyl groups excluding tert-OH is 1. The molecule has 2 atom stereocenters. The van der Waals surface area contributed by atoms with Gasteiger partial charge in [0.15, 0.2) is 0 Å². The maximum atomic E-state index is 13.5. The van der Waals surface area contributed by atoms with E-state index in [0.717, 1.165) is 16.9 Å². The van der Waals surface area contributed by atoms with Crippen LogP contribution in [0.1, 0.15) is 35.2 Å². The molecule has 2 unspecified atom stereocenters. The molecule has 200 valence electrons. The third-order valence-corrected chi connectivity index (χ3v) is 7.35. The summed E-state index contributed by atoms with van der Waals surface area (Å²) in [6.45, 7) is 2.30. The van der Waals surface area contributed by atoms with E-state index in [9.17, 15) is 14.7 Å². The maximum Gasteiger partial charge on any atom is 0.295 e. The van der Waals surface area contributed by atoms with Crippen LogP contribution in [-0.2, 0) is 22.4 Å². The van der Waals surface area contributed by atoms with E-state index < -0.39 is 17.7 Å². The van der Waals surface area contributed by atoms with E-state index >= 15 is 0 Å². The van der Waals surface area contributed by atoms with E-state index in [1.54, 1.807) is 11.0 Å². The van der Waals surface area contributed by atoms with Crippen molar-refractivity contribution in [2.75, 3.05) is 6.54 Å². The van der Waals surface area contributed by atoms with Crippen LogP contribution in [0.15, 0.2) is 109 Å². The van der Waals surface area contributed by atoms with Gasteiger partial charge in [0.1, 0.15) is 29.1 Å². The highest BCUT2D eigenvalue weighted by atomic mass is 16.5. The minimum atomic E-state index is -0.772. The summed E-state index contributed by atoms with van der Waals surface area (Å²) in [6.07, 6.45) is 1.33. The van der Waals surface area contributed by atoms with Gasteiger partial charge < -0.3 is 19.5 Å². The zero-order valence-electron chi connectivity index (χ0n) is 22.1. The van der Waals surface area contributed by atoms with Crippen molar-refractivity contribution in [1.82, 2.24) is 4.90 Å². The fraction of sp³-hybridized carbons (Fsp3) is 0.176. The van der Waals surface area contributed by atoms with E-state index in [1.807, 2.05) is 104 Å². The van der Waals surface area contributed by atoms with Gasteiger partial charge in [-0.2, -0.15) is 0 Å². The average molecular weight is 532 g/mol. The molecular formula is C34H29NO5. The summed E-state index contributed by atoms with van der Waals surface area (Å²) in [4.78, 5) is 28.5. The van der Waals surface area contributed by atoms with Gasteiger partial charge in [-0.05, 0) is 72.5 Å². The number of amides is 1. The Hall–Kier alpha value is -4.84. The third kappa shape index (κ3) is 4.96. The first-order chi connectivity index (χ1) is 19.5. The van der Waals surface area contributed by atoms with Gasteiger partial charge in [0.25, 0.3) is 11.7 Å². The van der Waals surface area contributed by atoms with E-state index in [4.69, 9.17) is 9.47 Å². The molecule has 1 N–H and O–H groups in total. The third-order valence-electron chi connectivity index (χ3n) is 7.35. The predicted molar refractivity (Wildman–Crippen MR) is 152 cm³/mol. The molecule has 1 amide bonds. The van der Waals surface area contributed by atoms with Crippen LogP contribution in [0.3, 0.4) is 0 Å². The SMILES string of the molecule is CC1Cc2cc(/C(O)=C3\C(=O)C(=O)N(CCc4ccccc4)C3c3cccc(Oc4ccccc4)c3)ccc2O1. The lowest BCUT2D eigenvalue weighted by atomic mass is 9.94. The highest BCUT2D eigenvalue weighted by Gasteiger charge is 2.46. The highest BCUT2D eigenvalue weighted by Crippen LogP contribution is 2.41. The van der Waals surface area contributed by atoms with Crippen molar-refractivity contribution in [2.45, 2.75) is 31.9 Å². The Morgan fingerprint density at radius 3 is 2.40 bits per heavy atom. The molecule has 2 aliphatic heterocycles. The van der Waals surface area contributed by atoms with Crippen molar-refractivity contribution in [3.05, 3.63) is 131 Å². The maximum absolute atomic E-state index is 13.5. The Kier molecular flexibility index (Phi) is 6.83. The highest BCUT2D eigenvalue weighted by molar-refractivity contribution is 6.46. The molecule has 40 heavy (non-hydrogen) atoms. The molecule has 4 aromatic rings. The van der Waals surface area contributed by atoms with Crippen LogP contribution in [0.2, 0.25) is 0 Å². The number of ether oxygens (including phenoxy) is 2. The van der Waals surface area contributed by atoms with Crippen molar-refractivity contribution < 1.29 is 24.2 Å². The van der Waals surface area contributed by atoms with E-state index in [2.05, 4.69) is 0 Å². The molecule has 1 fully saturated rings. The van der Waals surface area contributed by atoms with Gasteiger partial charge >= 0.3 is 0 Å². The summed E-state index contributed by atoms with van der Waals surface area (Å²) < 4.78 is 11.9. The Morgan fingerprint density at radius 1 is 0.900 bits per heavy atom. The van der Waals surface area contributed by atoms with Crippen LogP contribution in [-0.4, -0.2) is 34.3 Å². The lowest BCUT2D eigenvalue weighted by molar-refractivity contribution is -0.139. The van der Waals surface area contributed by atoms with Crippen molar-refractivity contribution in [1.29, 1.82) is 0 Å². The Labute approximate surface area is 233 Å². The van der Waals surface area contributed by atoms with Gasteiger partial charge in [-0.1, -0.05) is 60.7 Å². The zero-order valence-corrected chi connectivity index (χ0v) is 22.1. The topological polar surface area (TPSA) is 76.1 Å². The number of carbonyl (C=O) groups excluding carboxylic acids is 2. The number of likely N-dealkylation sites (tertiary alicyclic amines) is 1. The summed E-state index contributed by atoms with van der Waals surface area (Å²) in [7, 11) is 0. The normalized spacial score (nSPS) is 19.4. The Bertz CT molecular complexity index is 1600. The van der Waals surface area contributed by atoms with Crippen molar-refractivity contribution >= 4 is 17.4 Å². The number of para-hydroxylation sites is 1. The van der Waals surface area contributed by atoms with Crippen LogP contribution in [0.5, 0.6) is 17.2 Å². The molecule has 0 spiro atoms. The summed E-state index contributed by atoms with van der Waals surface area (Å²) in [6, 6.07) is 31.2. The van der Waals surface area contributed by atoms with Gasteiger partial charge in [0.2, 0.25) is 0 Å². The summed E-state index contributed by atoms with van der Waals surface area (Å²) in [5.74, 6) is 0.496. The summed E-state index contributed by atoms with van der Waals surface area (Å²) in [5, 5.41) is 11.6. The number of ketones is 1. The standard InChI is InChI=1S/C34H29NO5/c1-22-19-26-20-25(15-16-29(26)39-22)32(36)30-31(24-11-8-14-28(21-24)40-27-12-6-3-7-13-27)35(34(38)33(30)37)18-17-23-9-4-2-5-10-23/h2-16,20-22,31,36H,17-19H2,1H3/b32-30+. The van der Waals surface area contributed by atoms with Crippen molar-refractivity contribution in [3.8, 4) is 17.2 Å². The van der Waals surface area contributed by atoms with Crippen LogP contribution in [0, 0.1) is 0 Å². The molecule has 2 heterocycles. The van der Waals surface area contributed by atoms with Gasteiger partial charge in [-0.3, -0.25) is 9.59 Å². The van der Waals surface area contributed by atoms with Crippen molar-refractivity contribution in [2.24, 2.45) is 0 Å². The van der Waals surface area contributed by atoms with Crippen LogP contribution in [0.4, 0.5) is 0 Å². The number of carbonyl (C=O) groups is 2. The van der Waals surface area contributed by atoms with Gasteiger partial charge in [0, 0.05) is 18.5 Å². The van der Waals surface area contributed by atoms with Crippen molar-refractivity contribution in [3.63, 3.8) is 0 Å². The molecule has 1 saturated heterocycles. The molecule has 0 aliphatic carbocycles. The van der Waals surface area contributed by atoms with E-state index in [0.29, 0.717) is 42.0 Å². The Balaban J connectivity index is 1.41. The molecule has 6 rings (SSSR count). The minimum Gasteiger partial charge on any atom is -0.507 e. The molecule has 4 aromatic carbocycles. The number of hydrogen-bond donors (Lipinski definition) is 1. The monoisotopic (exact) mass is 531 g/mol. The number of hydrogen-bond acceptors (Lipinski definition) is 5. The number of benzene rings is 4. The van der Waals surface area contributed by atoms with Crippen LogP contribution >= 0.6 is 0 Å². The summed E-state index contributed by atoms with van der Waals surface area (Å²) in [5.41, 5.74) is 3.25. The second kappa shape index (κ2) is 10.7. The average Bonchev–Trinajstić information content (AvgIpc) is 3.47. The van der Waals surface area contributed by atoms with Crippen LogP contribution in [0.25, 0.3) is 5.76 Å². The smallest absolute Gasteiger partial charge is 0.295 e. The first kappa shape index (κ1) is 25.4. The second-order valence-electron chi connectivity index (χ2n) is 10.2. The van der Waals surface area contributed by atoms with Gasteiger partial charge in [-0.15, -0.1) is 0 Å². The Morgan fingerprint density at radius 2 is 1.62 bits per heavy atom.